The second kappa shape index (κ2) is 9.85. The van der Waals surface area contributed by atoms with E-state index < -0.39 is 11.8 Å². The van der Waals surface area contributed by atoms with Crippen LogP contribution in [0.2, 0.25) is 0 Å². The molecule has 1 aromatic rings. The molecule has 1 aromatic carbocycles. The van der Waals surface area contributed by atoms with Crippen molar-refractivity contribution >= 4 is 35.4 Å². The third-order valence-electron chi connectivity index (χ3n) is 6.11. The maximum absolute atomic E-state index is 12.8. The van der Waals surface area contributed by atoms with Gasteiger partial charge in [0.1, 0.15) is 0 Å². The van der Waals surface area contributed by atoms with E-state index in [-0.39, 0.29) is 47.9 Å². The lowest BCUT2D eigenvalue weighted by molar-refractivity contribution is -0.138. The summed E-state index contributed by atoms with van der Waals surface area (Å²) in [6.45, 7) is 4.49. The van der Waals surface area contributed by atoms with Gasteiger partial charge in [-0.1, -0.05) is 38.1 Å². The Morgan fingerprint density at radius 2 is 1.81 bits per heavy atom. The Balaban J connectivity index is 1.64. The van der Waals surface area contributed by atoms with Gasteiger partial charge in [0.15, 0.2) is 0 Å². The second-order valence-electron chi connectivity index (χ2n) is 8.70. The number of carbonyl (C=O) groups excluding carboxylic acids is 4. The molecule has 4 amide bonds. The van der Waals surface area contributed by atoms with E-state index in [9.17, 15) is 19.2 Å². The van der Waals surface area contributed by atoms with Gasteiger partial charge in [-0.05, 0) is 42.6 Å². The fraction of sp³-hybridized carbons (Fsp3) is 0.565. The Kier molecular flexibility index (Phi) is 7.41. The highest BCUT2D eigenvalue weighted by Gasteiger charge is 2.49. The number of benzene rings is 1. The lowest BCUT2D eigenvalue weighted by Gasteiger charge is -2.24. The molecule has 1 saturated carbocycles. The third-order valence-corrected chi connectivity index (χ3v) is 7.48. The Morgan fingerprint density at radius 1 is 1.16 bits per heavy atom. The molecule has 3 N–H and O–H groups in total. The number of hydrogen-bond acceptors (Lipinski definition) is 5. The molecule has 1 saturated heterocycles. The van der Waals surface area contributed by atoms with E-state index in [1.165, 1.54) is 5.56 Å². The summed E-state index contributed by atoms with van der Waals surface area (Å²) >= 11 is 1.57. The van der Waals surface area contributed by atoms with Gasteiger partial charge in [-0.2, -0.15) is 0 Å². The molecule has 0 aromatic heterocycles. The molecule has 168 valence electrons. The molecule has 7 nitrogen and oxygen atoms in total. The lowest BCUT2D eigenvalue weighted by atomic mass is 9.94. The number of rotatable bonds is 9. The van der Waals surface area contributed by atoms with Crippen LogP contribution in [0.3, 0.4) is 0 Å². The van der Waals surface area contributed by atoms with Crippen molar-refractivity contribution < 1.29 is 19.2 Å². The topological polar surface area (TPSA) is 104 Å². The van der Waals surface area contributed by atoms with Crippen molar-refractivity contribution in [2.75, 3.05) is 12.8 Å². The molecule has 2 unspecified atom stereocenters. The zero-order chi connectivity index (χ0) is 22.6. The summed E-state index contributed by atoms with van der Waals surface area (Å²) in [5, 5.41) is 8.26. The first kappa shape index (κ1) is 23.3. The zero-order valence-corrected chi connectivity index (χ0v) is 19.1. The van der Waals surface area contributed by atoms with Crippen molar-refractivity contribution in [3.63, 3.8) is 0 Å². The maximum Gasteiger partial charge on any atom is 0.236 e. The second-order valence-corrected chi connectivity index (χ2v) is 9.89. The van der Waals surface area contributed by atoms with E-state index in [2.05, 4.69) is 29.8 Å². The van der Waals surface area contributed by atoms with Crippen LogP contribution in [0.4, 0.5) is 0 Å². The predicted molar refractivity (Wildman–Crippen MR) is 120 cm³/mol. The minimum atomic E-state index is -0.498. The van der Waals surface area contributed by atoms with Gasteiger partial charge in [-0.25, -0.2) is 0 Å². The number of amides is 4. The summed E-state index contributed by atoms with van der Waals surface area (Å²) in [6, 6.07) is 7.72. The van der Waals surface area contributed by atoms with Crippen LogP contribution in [0, 0.1) is 5.92 Å². The summed E-state index contributed by atoms with van der Waals surface area (Å²) in [6.07, 6.45) is 4.33. The van der Waals surface area contributed by atoms with Crippen LogP contribution in [0.5, 0.6) is 0 Å². The number of nitrogens with one attached hydrogen (secondary N) is 3. The largest absolute Gasteiger partial charge is 0.354 e. The molecular weight excluding hydrogens is 414 g/mol. The minimum absolute atomic E-state index is 0.00245. The van der Waals surface area contributed by atoms with Gasteiger partial charge in [-0.3, -0.25) is 24.5 Å². The molecule has 1 aliphatic heterocycles. The zero-order valence-electron chi connectivity index (χ0n) is 18.3. The summed E-state index contributed by atoms with van der Waals surface area (Å²) in [4.78, 5) is 48.5. The summed E-state index contributed by atoms with van der Waals surface area (Å²) in [5.41, 5.74) is 2.13. The van der Waals surface area contributed by atoms with Crippen molar-refractivity contribution in [3.8, 4) is 0 Å². The SMILES string of the molecule is CSC1(C(=O)NC(CNC(=O)CC2CCC(=O)NC2=O)c2ccc(C(C)C)cc2)CC1. The quantitative estimate of drug-likeness (QED) is 0.507. The Hall–Kier alpha value is -2.35. The van der Waals surface area contributed by atoms with E-state index >= 15 is 0 Å². The first-order valence-electron chi connectivity index (χ1n) is 10.8. The first-order chi connectivity index (χ1) is 14.7. The molecule has 3 rings (SSSR count). The lowest BCUT2D eigenvalue weighted by Crippen LogP contribution is -2.44. The van der Waals surface area contributed by atoms with Crippen molar-refractivity contribution in [1.82, 2.24) is 16.0 Å². The van der Waals surface area contributed by atoms with Gasteiger partial charge in [0.2, 0.25) is 23.6 Å². The smallest absolute Gasteiger partial charge is 0.236 e. The molecule has 31 heavy (non-hydrogen) atoms. The fourth-order valence-electron chi connectivity index (χ4n) is 3.74. The summed E-state index contributed by atoms with van der Waals surface area (Å²) in [7, 11) is 0. The average Bonchev–Trinajstić information content (AvgIpc) is 3.54. The standard InChI is InChI=1S/C23H31N3O4S/c1-14(2)15-4-6-16(7-5-15)18(25-22(30)23(31-3)10-11-23)13-24-20(28)12-17-8-9-19(27)26-21(17)29/h4-7,14,17-18H,8-13H2,1-3H3,(H,24,28)(H,25,30)(H,26,27,29). The third kappa shape index (κ3) is 5.87. The Morgan fingerprint density at radius 3 is 2.35 bits per heavy atom. The van der Waals surface area contributed by atoms with Crippen LogP contribution in [0.15, 0.2) is 24.3 Å². The normalized spacial score (nSPS) is 20.7. The van der Waals surface area contributed by atoms with E-state index in [1.807, 2.05) is 30.5 Å². The molecule has 0 bridgehead atoms. The molecule has 8 heteroatoms. The summed E-state index contributed by atoms with van der Waals surface area (Å²) < 4.78 is -0.354. The minimum Gasteiger partial charge on any atom is -0.354 e. The maximum atomic E-state index is 12.8. The molecule has 1 heterocycles. The number of carbonyl (C=O) groups is 4. The van der Waals surface area contributed by atoms with Crippen molar-refractivity contribution in [3.05, 3.63) is 35.4 Å². The number of hydrogen-bond donors (Lipinski definition) is 3. The van der Waals surface area contributed by atoms with Crippen molar-refractivity contribution in [2.45, 2.75) is 62.7 Å². The van der Waals surface area contributed by atoms with E-state index in [0.29, 0.717) is 12.3 Å². The number of imide groups is 1. The van der Waals surface area contributed by atoms with E-state index in [1.54, 1.807) is 11.8 Å². The highest BCUT2D eigenvalue weighted by atomic mass is 32.2. The van der Waals surface area contributed by atoms with Crippen LogP contribution in [0.25, 0.3) is 0 Å². The molecule has 0 spiro atoms. The molecule has 0 radical (unpaired) electrons. The van der Waals surface area contributed by atoms with Gasteiger partial charge < -0.3 is 10.6 Å². The number of thioether (sulfide) groups is 1. The van der Waals surface area contributed by atoms with Crippen LogP contribution in [0.1, 0.15) is 69.0 Å². The molecule has 2 aliphatic rings. The van der Waals surface area contributed by atoms with Crippen molar-refractivity contribution in [1.29, 1.82) is 0 Å². The van der Waals surface area contributed by atoms with Crippen LogP contribution in [-0.2, 0) is 19.2 Å². The van der Waals surface area contributed by atoms with E-state index in [4.69, 9.17) is 0 Å². The monoisotopic (exact) mass is 445 g/mol. The average molecular weight is 446 g/mol. The fourth-order valence-corrected chi connectivity index (χ4v) is 4.49. The van der Waals surface area contributed by atoms with Gasteiger partial charge in [0.25, 0.3) is 0 Å². The van der Waals surface area contributed by atoms with Crippen LogP contribution in [-0.4, -0.2) is 41.2 Å². The number of piperidine rings is 1. The van der Waals surface area contributed by atoms with Crippen LogP contribution >= 0.6 is 11.8 Å². The van der Waals surface area contributed by atoms with Gasteiger partial charge >= 0.3 is 0 Å². The Bertz CT molecular complexity index is 849. The highest BCUT2D eigenvalue weighted by Crippen LogP contribution is 2.47. The van der Waals surface area contributed by atoms with Crippen molar-refractivity contribution in [2.24, 2.45) is 5.92 Å². The first-order valence-corrected chi connectivity index (χ1v) is 12.0. The van der Waals surface area contributed by atoms with Crippen LogP contribution < -0.4 is 16.0 Å². The van der Waals surface area contributed by atoms with Gasteiger partial charge in [-0.15, -0.1) is 11.8 Å². The molecular formula is C23H31N3O4S. The Labute approximate surface area is 187 Å². The highest BCUT2D eigenvalue weighted by molar-refractivity contribution is 8.01. The van der Waals surface area contributed by atoms with Gasteiger partial charge in [0, 0.05) is 25.3 Å². The molecule has 1 aliphatic carbocycles. The molecule has 2 fully saturated rings. The molecule has 2 atom stereocenters. The summed E-state index contributed by atoms with van der Waals surface area (Å²) in [5.74, 6) is -1.05. The predicted octanol–water partition coefficient (Wildman–Crippen LogP) is 2.42. The van der Waals surface area contributed by atoms with E-state index in [0.717, 1.165) is 18.4 Å². The van der Waals surface area contributed by atoms with Gasteiger partial charge in [0.05, 0.1) is 10.8 Å².